The van der Waals surface area contributed by atoms with E-state index in [9.17, 15) is 4.79 Å². The molecule has 174 valence electrons. The number of nitrogens with one attached hydrogen (secondary N) is 2. The Balaban J connectivity index is 1.46. The third kappa shape index (κ3) is 3.51. The molecule has 1 saturated carbocycles. The molecule has 1 fully saturated rings. The Hall–Kier alpha value is -3.45. The second-order valence-corrected chi connectivity index (χ2v) is 10.1. The molecule has 0 amide bonds. The van der Waals surface area contributed by atoms with Gasteiger partial charge in [-0.1, -0.05) is 13.0 Å². The van der Waals surface area contributed by atoms with Gasteiger partial charge in [-0.2, -0.15) is 0 Å². The van der Waals surface area contributed by atoms with Gasteiger partial charge in [-0.25, -0.2) is 14.3 Å². The summed E-state index contributed by atoms with van der Waals surface area (Å²) in [6.07, 6.45) is 6.92. The van der Waals surface area contributed by atoms with Crippen molar-refractivity contribution >= 4 is 22.4 Å². The van der Waals surface area contributed by atoms with Crippen molar-refractivity contribution < 1.29 is 0 Å². The lowest BCUT2D eigenvalue weighted by atomic mass is 10.0. The minimum Gasteiger partial charge on any atom is -0.340 e. The Morgan fingerprint density at radius 1 is 1.09 bits per heavy atom. The fraction of sp³-hybridized carbons (Fsp3) is 0.370. The third-order valence-corrected chi connectivity index (χ3v) is 7.23. The number of hydrogen-bond acceptors (Lipinski definition) is 5. The maximum atomic E-state index is 13.3. The lowest BCUT2D eigenvalue weighted by Crippen LogP contribution is -2.24. The van der Waals surface area contributed by atoms with Gasteiger partial charge < -0.3 is 10.6 Å². The van der Waals surface area contributed by atoms with Crippen molar-refractivity contribution in [1.82, 2.24) is 24.6 Å². The zero-order valence-corrected chi connectivity index (χ0v) is 19.9. The van der Waals surface area contributed by atoms with Crippen LogP contribution in [-0.4, -0.2) is 25.9 Å². The molecule has 0 spiro atoms. The van der Waals surface area contributed by atoms with Crippen LogP contribution in [0.25, 0.3) is 16.6 Å². The highest BCUT2D eigenvalue weighted by Crippen LogP contribution is 2.47. The van der Waals surface area contributed by atoms with Crippen LogP contribution in [0.2, 0.25) is 0 Å². The fourth-order valence-electron chi connectivity index (χ4n) is 4.94. The Kier molecular flexibility index (Phi) is 4.85. The summed E-state index contributed by atoms with van der Waals surface area (Å²) >= 11 is 0. The second kappa shape index (κ2) is 7.81. The van der Waals surface area contributed by atoms with E-state index in [0.29, 0.717) is 11.2 Å². The van der Waals surface area contributed by atoms with Gasteiger partial charge in [-0.05, 0) is 75.0 Å². The second-order valence-electron chi connectivity index (χ2n) is 10.1. The lowest BCUT2D eigenvalue weighted by Gasteiger charge is -2.18. The van der Waals surface area contributed by atoms with E-state index in [1.54, 1.807) is 6.20 Å². The van der Waals surface area contributed by atoms with Crippen molar-refractivity contribution in [2.75, 3.05) is 11.9 Å². The molecule has 6 rings (SSSR count). The topological polar surface area (TPSA) is 76.8 Å². The van der Waals surface area contributed by atoms with Gasteiger partial charge in [0.25, 0.3) is 5.56 Å². The Morgan fingerprint density at radius 3 is 2.74 bits per heavy atom. The summed E-state index contributed by atoms with van der Waals surface area (Å²) in [6.45, 7) is 8.24. The van der Waals surface area contributed by atoms with Crippen LogP contribution in [0.15, 0.2) is 53.6 Å². The smallest absolute Gasteiger partial charge is 0.276 e. The van der Waals surface area contributed by atoms with Crippen molar-refractivity contribution in [2.24, 2.45) is 0 Å². The highest BCUT2D eigenvalue weighted by Gasteiger charge is 2.40. The van der Waals surface area contributed by atoms with Crippen LogP contribution in [0.5, 0.6) is 0 Å². The summed E-state index contributed by atoms with van der Waals surface area (Å²) in [6, 6.07) is 12.6. The number of rotatable bonds is 5. The molecule has 0 unspecified atom stereocenters. The van der Waals surface area contributed by atoms with Crippen LogP contribution in [0.3, 0.4) is 0 Å². The molecule has 0 atom stereocenters. The molecule has 2 N–H and O–H groups in total. The Bertz CT molecular complexity index is 1460. The lowest BCUT2D eigenvalue weighted by molar-refractivity contribution is 0.477. The van der Waals surface area contributed by atoms with Crippen molar-refractivity contribution in [1.29, 1.82) is 0 Å². The van der Waals surface area contributed by atoms with Crippen LogP contribution in [0.4, 0.5) is 11.5 Å². The number of hydrogen-bond donors (Lipinski definition) is 2. The van der Waals surface area contributed by atoms with Gasteiger partial charge in [-0.3, -0.25) is 9.78 Å². The van der Waals surface area contributed by atoms with Crippen LogP contribution < -0.4 is 16.2 Å². The first-order valence-corrected chi connectivity index (χ1v) is 12.1. The minimum atomic E-state index is -0.0279. The van der Waals surface area contributed by atoms with Crippen LogP contribution in [-0.2, 0) is 18.4 Å². The Labute approximate surface area is 198 Å². The van der Waals surface area contributed by atoms with Gasteiger partial charge in [0.1, 0.15) is 5.82 Å². The van der Waals surface area contributed by atoms with E-state index < -0.39 is 0 Å². The predicted octanol–water partition coefficient (Wildman–Crippen LogP) is 4.60. The molecule has 1 aromatic carbocycles. The number of benzene rings is 1. The molecule has 0 bridgehead atoms. The van der Waals surface area contributed by atoms with Crippen LogP contribution >= 0.6 is 0 Å². The van der Waals surface area contributed by atoms with Crippen molar-refractivity contribution in [3.63, 3.8) is 0 Å². The summed E-state index contributed by atoms with van der Waals surface area (Å²) in [5.74, 6) is 0.717. The van der Waals surface area contributed by atoms with E-state index in [1.807, 2.05) is 41.5 Å². The van der Waals surface area contributed by atoms with E-state index in [0.717, 1.165) is 54.9 Å². The highest BCUT2D eigenvalue weighted by atomic mass is 16.1. The molecule has 1 aliphatic carbocycles. The zero-order chi connectivity index (χ0) is 23.4. The van der Waals surface area contributed by atoms with Gasteiger partial charge in [0.2, 0.25) is 0 Å². The molecule has 3 aromatic heterocycles. The number of anilines is 2. The van der Waals surface area contributed by atoms with E-state index in [4.69, 9.17) is 0 Å². The van der Waals surface area contributed by atoms with Gasteiger partial charge >= 0.3 is 0 Å². The first kappa shape index (κ1) is 21.1. The van der Waals surface area contributed by atoms with Crippen molar-refractivity contribution in [2.45, 2.75) is 58.0 Å². The number of aromatic nitrogens is 4. The first-order chi connectivity index (χ1) is 16.4. The highest BCUT2D eigenvalue weighted by molar-refractivity contribution is 5.83. The quantitative estimate of drug-likeness (QED) is 0.461. The van der Waals surface area contributed by atoms with E-state index in [2.05, 4.69) is 51.8 Å². The predicted molar refractivity (Wildman–Crippen MR) is 135 cm³/mol. The Morgan fingerprint density at radius 2 is 1.94 bits per heavy atom. The zero-order valence-electron chi connectivity index (χ0n) is 19.9. The monoisotopic (exact) mass is 454 g/mol. The van der Waals surface area contributed by atoms with Crippen molar-refractivity contribution in [3.05, 3.63) is 76.0 Å². The molecule has 2 aliphatic rings. The maximum Gasteiger partial charge on any atom is 0.276 e. The molecule has 0 radical (unpaired) electrons. The summed E-state index contributed by atoms with van der Waals surface area (Å²) in [5, 5.41) is 7.50. The molecule has 4 aromatic rings. The number of pyridine rings is 2. The standard InChI is InChI=1S/C27H30N6O/c1-17(2)32-26(34)22-16-30-25(31-20-5-4-18-6-10-28-15-19(18)12-20)14-23(22)33(32)21-7-11-29-24(13-21)27(3)8-9-27/h4-5,7,11-14,16-17,28H,6,8-10,15H2,1-3H3,(H,30,31). The summed E-state index contributed by atoms with van der Waals surface area (Å²) in [7, 11) is 0. The van der Waals surface area contributed by atoms with E-state index in [1.165, 1.54) is 11.1 Å². The molecule has 34 heavy (non-hydrogen) atoms. The van der Waals surface area contributed by atoms with Crippen molar-refractivity contribution in [3.8, 4) is 5.69 Å². The van der Waals surface area contributed by atoms with E-state index in [-0.39, 0.29) is 17.0 Å². The summed E-state index contributed by atoms with van der Waals surface area (Å²) < 4.78 is 3.85. The molecule has 7 nitrogen and oxygen atoms in total. The normalized spacial score (nSPS) is 16.6. The molecular weight excluding hydrogens is 424 g/mol. The van der Waals surface area contributed by atoms with Gasteiger partial charge in [0.15, 0.2) is 0 Å². The average Bonchev–Trinajstić information content (AvgIpc) is 3.53. The molecule has 1 aliphatic heterocycles. The fourth-order valence-corrected chi connectivity index (χ4v) is 4.94. The molecule has 0 saturated heterocycles. The molecule has 7 heteroatoms. The summed E-state index contributed by atoms with van der Waals surface area (Å²) in [4.78, 5) is 22.6. The SMILES string of the molecule is CC(C)n1c(=O)c2cnc(Nc3ccc4c(c3)CNCC4)cc2n1-c1ccnc(C2(C)CC2)c1. The number of nitrogens with zero attached hydrogens (tertiary/aromatic N) is 4. The summed E-state index contributed by atoms with van der Waals surface area (Å²) in [5.41, 5.74) is 6.72. The third-order valence-electron chi connectivity index (χ3n) is 7.23. The van der Waals surface area contributed by atoms with Crippen LogP contribution in [0.1, 0.15) is 56.5 Å². The molecular formula is C27H30N6O. The van der Waals surface area contributed by atoms with Gasteiger partial charge in [0.05, 0.1) is 16.6 Å². The first-order valence-electron chi connectivity index (χ1n) is 12.1. The minimum absolute atomic E-state index is 0.00224. The largest absolute Gasteiger partial charge is 0.340 e. The van der Waals surface area contributed by atoms with E-state index >= 15 is 0 Å². The average molecular weight is 455 g/mol. The van der Waals surface area contributed by atoms with Gasteiger partial charge in [0, 0.05) is 47.8 Å². The molecule has 4 heterocycles. The number of fused-ring (bicyclic) bond motifs is 2. The maximum absolute atomic E-state index is 13.3. The van der Waals surface area contributed by atoms with Crippen LogP contribution in [0, 0.1) is 0 Å². The van der Waals surface area contributed by atoms with Gasteiger partial charge in [-0.15, -0.1) is 0 Å².